The molecule has 0 saturated carbocycles. The summed E-state index contributed by atoms with van der Waals surface area (Å²) >= 11 is 0. The van der Waals surface area contributed by atoms with Crippen LogP contribution in [-0.2, 0) is 17.8 Å². The summed E-state index contributed by atoms with van der Waals surface area (Å²) in [6.45, 7) is 2.29. The zero-order valence-electron chi connectivity index (χ0n) is 13.0. The molecule has 0 atom stereocenters. The molecule has 1 aromatic carbocycles. The zero-order chi connectivity index (χ0) is 17.1. The highest BCUT2D eigenvalue weighted by Gasteiger charge is 2.07. The van der Waals surface area contributed by atoms with E-state index in [2.05, 4.69) is 25.3 Å². The minimum atomic E-state index is -0.847. The third-order valence-electron chi connectivity index (χ3n) is 3.43. The van der Waals surface area contributed by atoms with Gasteiger partial charge in [0.2, 0.25) is 5.95 Å². The molecule has 8 nitrogen and oxygen atoms in total. The standard InChI is InChI=1S/C16H16N6O2/c1-9-14-15(22-16(17)20-9)19-8-12(21-14)7-18-11-4-2-10(3-5-11)6-13(23)24/h2-5,8,18H,6-7H2,1H3,(H,23,24)(H2,17,19,20,22). The lowest BCUT2D eigenvalue weighted by molar-refractivity contribution is -0.136. The van der Waals surface area contributed by atoms with Crippen LogP contribution in [0.2, 0.25) is 0 Å². The number of aromatic nitrogens is 4. The molecule has 0 unspecified atom stereocenters. The van der Waals surface area contributed by atoms with Gasteiger partial charge in [-0.15, -0.1) is 0 Å². The Kier molecular flexibility index (Phi) is 4.19. The normalized spacial score (nSPS) is 10.7. The van der Waals surface area contributed by atoms with Crippen molar-refractivity contribution in [2.75, 3.05) is 11.1 Å². The van der Waals surface area contributed by atoms with E-state index in [0.717, 1.165) is 16.9 Å². The van der Waals surface area contributed by atoms with Gasteiger partial charge in [-0.2, -0.15) is 4.98 Å². The van der Waals surface area contributed by atoms with Gasteiger partial charge >= 0.3 is 5.97 Å². The molecule has 0 saturated heterocycles. The van der Waals surface area contributed by atoms with E-state index < -0.39 is 5.97 Å². The first kappa shape index (κ1) is 15.6. The van der Waals surface area contributed by atoms with E-state index in [-0.39, 0.29) is 12.4 Å². The summed E-state index contributed by atoms with van der Waals surface area (Å²) in [5.41, 5.74) is 9.75. The van der Waals surface area contributed by atoms with Gasteiger partial charge in [0.1, 0.15) is 5.52 Å². The molecule has 8 heteroatoms. The van der Waals surface area contributed by atoms with E-state index in [1.807, 2.05) is 19.1 Å². The first-order valence-electron chi connectivity index (χ1n) is 7.31. The second kappa shape index (κ2) is 6.45. The second-order valence-corrected chi connectivity index (χ2v) is 5.32. The fraction of sp³-hybridized carbons (Fsp3) is 0.188. The molecule has 0 aliphatic carbocycles. The number of carbonyl (C=O) groups is 1. The van der Waals surface area contributed by atoms with Crippen molar-refractivity contribution in [2.24, 2.45) is 0 Å². The minimum Gasteiger partial charge on any atom is -0.481 e. The molecule has 3 aromatic rings. The van der Waals surface area contributed by atoms with Crippen LogP contribution in [0.5, 0.6) is 0 Å². The molecule has 0 amide bonds. The summed E-state index contributed by atoms with van der Waals surface area (Å²) in [6.07, 6.45) is 1.65. The molecule has 0 aliphatic heterocycles. The molecule has 0 spiro atoms. The Morgan fingerprint density at radius 2 is 1.96 bits per heavy atom. The number of carboxylic acids is 1. The number of nitrogens with two attached hydrogens (primary N) is 1. The van der Waals surface area contributed by atoms with Crippen LogP contribution in [-0.4, -0.2) is 31.0 Å². The molecule has 24 heavy (non-hydrogen) atoms. The SMILES string of the molecule is Cc1nc(N)nc2ncc(CNc3ccc(CC(=O)O)cc3)nc12. The monoisotopic (exact) mass is 324 g/mol. The topological polar surface area (TPSA) is 127 Å². The van der Waals surface area contributed by atoms with Crippen LogP contribution in [0, 0.1) is 6.92 Å². The number of aliphatic carboxylic acids is 1. The number of benzene rings is 1. The average Bonchev–Trinajstić information content (AvgIpc) is 2.54. The van der Waals surface area contributed by atoms with Crippen molar-refractivity contribution < 1.29 is 9.90 Å². The van der Waals surface area contributed by atoms with Crippen molar-refractivity contribution in [3.8, 4) is 0 Å². The Labute approximate surface area is 137 Å². The van der Waals surface area contributed by atoms with Crippen molar-refractivity contribution in [3.05, 3.63) is 47.4 Å². The summed E-state index contributed by atoms with van der Waals surface area (Å²) in [4.78, 5) is 27.6. The number of anilines is 2. The number of hydrogen-bond acceptors (Lipinski definition) is 7. The predicted octanol–water partition coefficient (Wildman–Crippen LogP) is 1.55. The third kappa shape index (κ3) is 3.54. The lowest BCUT2D eigenvalue weighted by Crippen LogP contribution is -2.06. The highest BCUT2D eigenvalue weighted by Crippen LogP contribution is 2.14. The predicted molar refractivity (Wildman–Crippen MR) is 89.4 cm³/mol. The van der Waals surface area contributed by atoms with Crippen LogP contribution in [0.3, 0.4) is 0 Å². The van der Waals surface area contributed by atoms with Gasteiger partial charge in [-0.1, -0.05) is 12.1 Å². The summed E-state index contributed by atoms with van der Waals surface area (Å²) in [5.74, 6) is -0.665. The lowest BCUT2D eigenvalue weighted by Gasteiger charge is -2.08. The smallest absolute Gasteiger partial charge is 0.307 e. The highest BCUT2D eigenvalue weighted by atomic mass is 16.4. The Balaban J connectivity index is 1.72. The molecule has 0 bridgehead atoms. The fourth-order valence-electron chi connectivity index (χ4n) is 2.29. The summed E-state index contributed by atoms with van der Waals surface area (Å²) < 4.78 is 0. The number of nitrogens with one attached hydrogen (secondary N) is 1. The maximum Gasteiger partial charge on any atom is 0.307 e. The number of aryl methyl sites for hydroxylation is 1. The van der Waals surface area contributed by atoms with Crippen LogP contribution in [0.15, 0.2) is 30.5 Å². The van der Waals surface area contributed by atoms with E-state index in [4.69, 9.17) is 10.8 Å². The van der Waals surface area contributed by atoms with Crippen LogP contribution >= 0.6 is 0 Å². The first-order valence-corrected chi connectivity index (χ1v) is 7.31. The van der Waals surface area contributed by atoms with Crippen LogP contribution in [0.1, 0.15) is 17.0 Å². The van der Waals surface area contributed by atoms with E-state index in [9.17, 15) is 4.79 Å². The van der Waals surface area contributed by atoms with Gasteiger partial charge in [0.25, 0.3) is 0 Å². The lowest BCUT2D eigenvalue weighted by atomic mass is 10.1. The largest absolute Gasteiger partial charge is 0.481 e. The fourth-order valence-corrected chi connectivity index (χ4v) is 2.29. The van der Waals surface area contributed by atoms with E-state index >= 15 is 0 Å². The maximum absolute atomic E-state index is 10.7. The summed E-state index contributed by atoms with van der Waals surface area (Å²) in [6, 6.07) is 7.23. The van der Waals surface area contributed by atoms with E-state index in [1.165, 1.54) is 0 Å². The van der Waals surface area contributed by atoms with Crippen molar-refractivity contribution in [3.63, 3.8) is 0 Å². The Morgan fingerprint density at radius 3 is 2.67 bits per heavy atom. The number of nitrogen functional groups attached to an aromatic ring is 1. The van der Waals surface area contributed by atoms with Gasteiger partial charge in [-0.3, -0.25) is 4.79 Å². The van der Waals surface area contributed by atoms with Crippen LogP contribution in [0.25, 0.3) is 11.2 Å². The summed E-state index contributed by atoms with van der Waals surface area (Å²) in [7, 11) is 0. The average molecular weight is 324 g/mol. The molecule has 122 valence electrons. The number of hydrogen-bond donors (Lipinski definition) is 3. The third-order valence-corrected chi connectivity index (χ3v) is 3.43. The molecule has 4 N–H and O–H groups in total. The van der Waals surface area contributed by atoms with Crippen LogP contribution < -0.4 is 11.1 Å². The molecule has 0 aliphatic rings. The molecule has 0 radical (unpaired) electrons. The molecular weight excluding hydrogens is 308 g/mol. The van der Waals surface area contributed by atoms with Crippen molar-refractivity contribution in [1.29, 1.82) is 0 Å². The number of rotatable bonds is 5. The van der Waals surface area contributed by atoms with E-state index in [0.29, 0.717) is 23.4 Å². The van der Waals surface area contributed by atoms with Crippen molar-refractivity contribution in [1.82, 2.24) is 19.9 Å². The van der Waals surface area contributed by atoms with Gasteiger partial charge in [0.05, 0.1) is 30.6 Å². The van der Waals surface area contributed by atoms with Crippen molar-refractivity contribution in [2.45, 2.75) is 19.9 Å². The Morgan fingerprint density at radius 1 is 1.21 bits per heavy atom. The molecule has 3 rings (SSSR count). The highest BCUT2D eigenvalue weighted by molar-refractivity contribution is 5.73. The minimum absolute atomic E-state index is 0.0127. The van der Waals surface area contributed by atoms with Gasteiger partial charge in [-0.05, 0) is 24.6 Å². The number of fused-ring (bicyclic) bond motifs is 1. The Bertz CT molecular complexity index is 895. The molecule has 0 fully saturated rings. The quantitative estimate of drug-likeness (QED) is 0.645. The van der Waals surface area contributed by atoms with Gasteiger partial charge < -0.3 is 16.2 Å². The maximum atomic E-state index is 10.7. The number of carboxylic acid groups (broad SMARTS) is 1. The molecule has 2 aromatic heterocycles. The van der Waals surface area contributed by atoms with Crippen LogP contribution in [0.4, 0.5) is 11.6 Å². The summed E-state index contributed by atoms with van der Waals surface area (Å²) in [5, 5.41) is 12.0. The zero-order valence-corrected chi connectivity index (χ0v) is 13.0. The molecule has 2 heterocycles. The van der Waals surface area contributed by atoms with Gasteiger partial charge in [-0.25, -0.2) is 15.0 Å². The van der Waals surface area contributed by atoms with E-state index in [1.54, 1.807) is 18.3 Å². The van der Waals surface area contributed by atoms with Gasteiger partial charge in [0, 0.05) is 5.69 Å². The number of nitrogens with zero attached hydrogens (tertiary/aromatic N) is 4. The van der Waals surface area contributed by atoms with Gasteiger partial charge in [0.15, 0.2) is 5.65 Å². The first-order chi connectivity index (χ1) is 11.5. The van der Waals surface area contributed by atoms with Crippen molar-refractivity contribution >= 4 is 28.8 Å². The molecular formula is C16H16N6O2. The Hall–Kier alpha value is -3.29. The second-order valence-electron chi connectivity index (χ2n) is 5.32.